The Morgan fingerprint density at radius 3 is 2.15 bits per heavy atom. The van der Waals surface area contributed by atoms with Gasteiger partial charge >= 0.3 is 0 Å². The summed E-state index contributed by atoms with van der Waals surface area (Å²) < 4.78 is 7.79. The van der Waals surface area contributed by atoms with Gasteiger partial charge in [0.1, 0.15) is 5.75 Å². The molecule has 3 aromatic carbocycles. The van der Waals surface area contributed by atoms with Crippen LogP contribution in [0.1, 0.15) is 51.0 Å². The molecule has 0 N–H and O–H groups in total. The molecule has 1 aromatic heterocycles. The highest BCUT2D eigenvalue weighted by molar-refractivity contribution is 7.99. The molecule has 1 atom stereocenters. The zero-order chi connectivity index (χ0) is 23.4. The fraction of sp³-hybridized carbons (Fsp3) is 0.286. The summed E-state index contributed by atoms with van der Waals surface area (Å²) in [6.45, 7) is 11.5. The number of hydrogen-bond acceptors (Lipinski definition) is 4. The molecule has 0 bridgehead atoms. The minimum absolute atomic E-state index is 0.105. The van der Waals surface area contributed by atoms with Gasteiger partial charge in [-0.2, -0.15) is 0 Å². The topological polar surface area (TPSA) is 39.9 Å². The van der Waals surface area contributed by atoms with Gasteiger partial charge < -0.3 is 4.74 Å². The summed E-state index contributed by atoms with van der Waals surface area (Å²) in [4.78, 5) is 0. The maximum Gasteiger partial charge on any atom is 0.196 e. The number of ether oxygens (including phenoxy) is 1. The molecule has 0 amide bonds. The van der Waals surface area contributed by atoms with E-state index in [0.717, 1.165) is 28.0 Å². The molecule has 0 unspecified atom stereocenters. The van der Waals surface area contributed by atoms with Gasteiger partial charge in [-0.1, -0.05) is 87.1 Å². The summed E-state index contributed by atoms with van der Waals surface area (Å²) in [7, 11) is 0. The van der Waals surface area contributed by atoms with Crippen LogP contribution in [0, 0.1) is 0 Å². The van der Waals surface area contributed by atoms with Crippen molar-refractivity contribution in [1.82, 2.24) is 14.8 Å². The monoisotopic (exact) mass is 457 g/mol. The Morgan fingerprint density at radius 2 is 1.55 bits per heavy atom. The van der Waals surface area contributed by atoms with Crippen LogP contribution in [0.3, 0.4) is 0 Å². The molecular formula is C28H31N3OS. The van der Waals surface area contributed by atoms with Crippen LogP contribution >= 0.6 is 11.8 Å². The lowest BCUT2D eigenvalue weighted by Crippen LogP contribution is -2.10. The van der Waals surface area contributed by atoms with Crippen molar-refractivity contribution in [3.8, 4) is 22.8 Å². The zero-order valence-electron chi connectivity index (χ0n) is 19.9. The minimum Gasteiger partial charge on any atom is -0.494 e. The Bertz CT molecular complexity index is 1180. The highest BCUT2D eigenvalue weighted by Gasteiger charge is 2.20. The quantitative estimate of drug-likeness (QED) is 0.270. The summed E-state index contributed by atoms with van der Waals surface area (Å²) in [5.41, 5.74) is 4.73. The fourth-order valence-corrected chi connectivity index (χ4v) is 4.69. The summed E-state index contributed by atoms with van der Waals surface area (Å²) >= 11 is 1.71. The lowest BCUT2D eigenvalue weighted by Gasteiger charge is -2.19. The van der Waals surface area contributed by atoms with Gasteiger partial charge in [0.15, 0.2) is 11.0 Å². The zero-order valence-corrected chi connectivity index (χ0v) is 20.8. The Balaban J connectivity index is 1.75. The number of rotatable bonds is 7. The molecule has 170 valence electrons. The van der Waals surface area contributed by atoms with E-state index in [9.17, 15) is 0 Å². The van der Waals surface area contributed by atoms with Gasteiger partial charge in [0, 0.05) is 16.5 Å². The Hall–Kier alpha value is -3.05. The second kappa shape index (κ2) is 9.84. The molecule has 0 saturated heterocycles. The predicted octanol–water partition coefficient (Wildman–Crippen LogP) is 7.48. The molecule has 0 aliphatic rings. The van der Waals surface area contributed by atoms with E-state index in [1.54, 1.807) is 11.8 Å². The third-order valence-corrected chi connectivity index (χ3v) is 6.70. The first-order chi connectivity index (χ1) is 15.9. The second-order valence-electron chi connectivity index (χ2n) is 9.07. The molecule has 4 rings (SSSR count). The van der Waals surface area contributed by atoms with Crippen LogP contribution in [-0.2, 0) is 5.41 Å². The van der Waals surface area contributed by atoms with Crippen LogP contribution in [0.2, 0.25) is 0 Å². The van der Waals surface area contributed by atoms with Crippen molar-refractivity contribution in [2.45, 2.75) is 50.4 Å². The summed E-state index contributed by atoms with van der Waals surface area (Å²) in [5.74, 6) is 1.69. The standard InChI is InChI=1S/C28H31N3OS/c1-6-32-25-18-16-24(17-19-25)31-26(22-12-14-23(15-13-22)28(3,4)5)29-30-27(31)33-20(2)21-10-8-7-9-11-21/h7-20H,6H2,1-5H3/t20-/m0/s1. The van der Waals surface area contributed by atoms with Crippen LogP contribution < -0.4 is 4.74 Å². The smallest absolute Gasteiger partial charge is 0.196 e. The number of hydrogen-bond donors (Lipinski definition) is 0. The molecule has 0 aliphatic heterocycles. The molecule has 4 aromatic rings. The number of benzene rings is 3. The molecule has 33 heavy (non-hydrogen) atoms. The third-order valence-electron chi connectivity index (χ3n) is 5.60. The van der Waals surface area contributed by atoms with Gasteiger partial charge in [-0.05, 0) is 54.7 Å². The van der Waals surface area contributed by atoms with Crippen LogP contribution in [-0.4, -0.2) is 21.4 Å². The fourth-order valence-electron chi connectivity index (χ4n) is 3.69. The second-order valence-corrected chi connectivity index (χ2v) is 10.4. The number of aromatic nitrogens is 3. The molecule has 0 spiro atoms. The largest absolute Gasteiger partial charge is 0.494 e. The van der Waals surface area contributed by atoms with E-state index in [1.807, 2.05) is 25.1 Å². The first-order valence-electron chi connectivity index (χ1n) is 11.4. The van der Waals surface area contributed by atoms with Crippen molar-refractivity contribution in [3.05, 3.63) is 90.0 Å². The molecular weight excluding hydrogens is 426 g/mol. The van der Waals surface area contributed by atoms with E-state index < -0.39 is 0 Å². The average Bonchev–Trinajstić information content (AvgIpc) is 3.23. The van der Waals surface area contributed by atoms with Gasteiger partial charge in [-0.3, -0.25) is 4.57 Å². The normalized spacial score (nSPS) is 12.5. The minimum atomic E-state index is 0.105. The van der Waals surface area contributed by atoms with Crippen LogP contribution in [0.5, 0.6) is 5.75 Å². The molecule has 5 heteroatoms. The van der Waals surface area contributed by atoms with Gasteiger partial charge in [-0.15, -0.1) is 10.2 Å². The number of thioether (sulfide) groups is 1. The van der Waals surface area contributed by atoms with Gasteiger partial charge in [0.05, 0.1) is 6.61 Å². The molecule has 0 fully saturated rings. The van der Waals surface area contributed by atoms with E-state index in [1.165, 1.54) is 11.1 Å². The predicted molar refractivity (Wildman–Crippen MR) is 137 cm³/mol. The Morgan fingerprint density at radius 1 is 0.879 bits per heavy atom. The lowest BCUT2D eigenvalue weighted by atomic mass is 9.87. The van der Waals surface area contributed by atoms with Crippen molar-refractivity contribution in [2.75, 3.05) is 6.61 Å². The van der Waals surface area contributed by atoms with Crippen LogP contribution in [0.4, 0.5) is 0 Å². The molecule has 4 nitrogen and oxygen atoms in total. The number of nitrogens with zero attached hydrogens (tertiary/aromatic N) is 3. The van der Waals surface area contributed by atoms with Crippen LogP contribution in [0.15, 0.2) is 84.0 Å². The van der Waals surface area contributed by atoms with E-state index >= 15 is 0 Å². The molecule has 0 saturated carbocycles. The average molecular weight is 458 g/mol. The Kier molecular flexibility index (Phi) is 6.89. The maximum atomic E-state index is 5.65. The van der Waals surface area contributed by atoms with E-state index in [0.29, 0.717) is 6.61 Å². The van der Waals surface area contributed by atoms with Crippen molar-refractivity contribution in [1.29, 1.82) is 0 Å². The third kappa shape index (κ3) is 5.31. The van der Waals surface area contributed by atoms with Crippen molar-refractivity contribution in [3.63, 3.8) is 0 Å². The van der Waals surface area contributed by atoms with Crippen molar-refractivity contribution < 1.29 is 4.74 Å². The lowest BCUT2D eigenvalue weighted by molar-refractivity contribution is 0.340. The highest BCUT2D eigenvalue weighted by Crippen LogP contribution is 2.37. The first-order valence-corrected chi connectivity index (χ1v) is 12.3. The SMILES string of the molecule is CCOc1ccc(-n2c(S[C@@H](C)c3ccccc3)nnc2-c2ccc(C(C)(C)C)cc2)cc1. The maximum absolute atomic E-state index is 5.65. The van der Waals surface area contributed by atoms with Gasteiger partial charge in [0.2, 0.25) is 0 Å². The van der Waals surface area contributed by atoms with Gasteiger partial charge in [0.25, 0.3) is 0 Å². The molecule has 1 heterocycles. The van der Waals surface area contributed by atoms with Gasteiger partial charge in [-0.25, -0.2) is 0 Å². The molecule has 0 radical (unpaired) electrons. The summed E-state index contributed by atoms with van der Waals surface area (Å²) in [6, 6.07) is 27.3. The van der Waals surface area contributed by atoms with E-state index in [-0.39, 0.29) is 10.7 Å². The highest BCUT2D eigenvalue weighted by atomic mass is 32.2. The first kappa shape index (κ1) is 23.1. The van der Waals surface area contributed by atoms with Crippen LogP contribution in [0.25, 0.3) is 17.1 Å². The Labute approximate surface area is 201 Å². The molecule has 0 aliphatic carbocycles. The summed E-state index contributed by atoms with van der Waals surface area (Å²) in [5, 5.41) is 10.3. The summed E-state index contributed by atoms with van der Waals surface area (Å²) in [6.07, 6.45) is 0. The van der Waals surface area contributed by atoms with Crippen molar-refractivity contribution in [2.24, 2.45) is 0 Å². The van der Waals surface area contributed by atoms with E-state index in [2.05, 4.69) is 103 Å². The van der Waals surface area contributed by atoms with E-state index in [4.69, 9.17) is 4.74 Å². The van der Waals surface area contributed by atoms with Crippen molar-refractivity contribution >= 4 is 11.8 Å².